The van der Waals surface area contributed by atoms with Gasteiger partial charge in [-0.2, -0.15) is 5.26 Å². The highest BCUT2D eigenvalue weighted by Gasteiger charge is 2.17. The third-order valence-corrected chi connectivity index (χ3v) is 4.81. The molecule has 2 aromatic heterocycles. The zero-order valence-electron chi connectivity index (χ0n) is 16.6. The van der Waals surface area contributed by atoms with Gasteiger partial charge in [-0.15, -0.1) is 0 Å². The molecular formula is C22H22N6O2. The quantitative estimate of drug-likeness (QED) is 0.647. The molecule has 0 aliphatic carbocycles. The van der Waals surface area contributed by atoms with Gasteiger partial charge in [0, 0.05) is 30.6 Å². The molecule has 1 saturated heterocycles. The van der Waals surface area contributed by atoms with Crippen molar-refractivity contribution in [1.29, 1.82) is 5.26 Å². The Hall–Kier alpha value is -3.70. The van der Waals surface area contributed by atoms with Gasteiger partial charge in [0.2, 0.25) is 5.95 Å². The zero-order chi connectivity index (χ0) is 20.8. The lowest BCUT2D eigenvalue weighted by Crippen LogP contribution is -2.37. The summed E-state index contributed by atoms with van der Waals surface area (Å²) in [7, 11) is 1.64. The number of rotatable bonds is 6. The Kier molecular flexibility index (Phi) is 6.01. The van der Waals surface area contributed by atoms with E-state index in [0.29, 0.717) is 17.4 Å². The van der Waals surface area contributed by atoms with Crippen LogP contribution in [0.1, 0.15) is 18.5 Å². The highest BCUT2D eigenvalue weighted by Crippen LogP contribution is 2.26. The first kappa shape index (κ1) is 19.6. The normalized spacial score (nSPS) is 15.8. The topological polar surface area (TPSA) is 105 Å². The molecule has 1 unspecified atom stereocenters. The third-order valence-electron chi connectivity index (χ3n) is 4.81. The Bertz CT molecular complexity index is 1040. The van der Waals surface area contributed by atoms with Gasteiger partial charge >= 0.3 is 0 Å². The van der Waals surface area contributed by atoms with Gasteiger partial charge in [0.25, 0.3) is 0 Å². The maximum atomic E-state index is 9.34. The molecule has 8 heteroatoms. The van der Waals surface area contributed by atoms with Gasteiger partial charge in [-0.3, -0.25) is 0 Å². The Morgan fingerprint density at radius 3 is 2.73 bits per heavy atom. The van der Waals surface area contributed by atoms with E-state index in [1.54, 1.807) is 31.8 Å². The smallest absolute Gasteiger partial charge is 0.227 e. The van der Waals surface area contributed by atoms with Crippen molar-refractivity contribution < 1.29 is 9.47 Å². The minimum Gasteiger partial charge on any atom is -0.497 e. The van der Waals surface area contributed by atoms with E-state index in [4.69, 9.17) is 9.47 Å². The van der Waals surface area contributed by atoms with Crippen LogP contribution in [0.25, 0.3) is 11.1 Å². The van der Waals surface area contributed by atoms with Gasteiger partial charge in [-0.1, -0.05) is 12.1 Å². The molecule has 0 radical (unpaired) electrons. The molecule has 0 bridgehead atoms. The van der Waals surface area contributed by atoms with E-state index in [1.165, 1.54) is 0 Å². The Labute approximate surface area is 174 Å². The molecule has 152 valence electrons. The minimum atomic E-state index is 0.0290. The highest BCUT2D eigenvalue weighted by atomic mass is 16.5. The lowest BCUT2D eigenvalue weighted by Gasteiger charge is -2.24. The van der Waals surface area contributed by atoms with Crippen LogP contribution in [-0.4, -0.2) is 41.3 Å². The van der Waals surface area contributed by atoms with Crippen molar-refractivity contribution in [1.82, 2.24) is 20.3 Å². The number of nitrogens with one attached hydrogen (secondary N) is 2. The number of anilines is 2. The fourth-order valence-electron chi connectivity index (χ4n) is 3.26. The predicted octanol–water partition coefficient (Wildman–Crippen LogP) is 3.29. The second-order valence-electron chi connectivity index (χ2n) is 6.92. The van der Waals surface area contributed by atoms with Gasteiger partial charge < -0.3 is 20.1 Å². The van der Waals surface area contributed by atoms with Crippen molar-refractivity contribution in [3.05, 3.63) is 54.6 Å². The van der Waals surface area contributed by atoms with Gasteiger partial charge in [-0.05, 0) is 37.1 Å². The van der Waals surface area contributed by atoms with Crippen LogP contribution in [0.4, 0.5) is 11.6 Å². The molecule has 0 amide bonds. The maximum absolute atomic E-state index is 9.34. The van der Waals surface area contributed by atoms with Crippen molar-refractivity contribution in [2.75, 3.05) is 25.5 Å². The van der Waals surface area contributed by atoms with Crippen LogP contribution in [0.15, 0.2) is 48.9 Å². The summed E-state index contributed by atoms with van der Waals surface area (Å²) in [5.74, 6) is 1.67. The van der Waals surface area contributed by atoms with Gasteiger partial charge in [0.05, 0.1) is 19.0 Å². The summed E-state index contributed by atoms with van der Waals surface area (Å²) in [6.07, 6.45) is 7.08. The highest BCUT2D eigenvalue weighted by molar-refractivity contribution is 5.64. The standard InChI is InChI=1S/C22H22N6O2/c1-29-18-5-2-4-15(8-18)16-11-26-22(27-12-16)28-17-9-21(20(10-23)25-13-17)30-19-6-3-7-24-14-19/h2,4-5,8-9,11-13,19,24H,3,6-7,14H2,1H3,(H,26,27,28). The van der Waals surface area contributed by atoms with Crippen LogP contribution in [0.5, 0.6) is 11.5 Å². The molecule has 3 aromatic rings. The first-order valence-electron chi connectivity index (χ1n) is 9.76. The number of nitrogens with zero attached hydrogens (tertiary/aromatic N) is 4. The molecule has 0 spiro atoms. The number of hydrogen-bond acceptors (Lipinski definition) is 8. The number of hydrogen-bond donors (Lipinski definition) is 2. The van der Waals surface area contributed by atoms with Crippen molar-refractivity contribution in [2.45, 2.75) is 18.9 Å². The number of pyridine rings is 1. The van der Waals surface area contributed by atoms with E-state index in [2.05, 4.69) is 31.7 Å². The summed E-state index contributed by atoms with van der Waals surface area (Å²) in [6, 6.07) is 11.6. The Morgan fingerprint density at radius 2 is 2.00 bits per heavy atom. The number of ether oxygens (including phenoxy) is 2. The molecule has 3 heterocycles. The van der Waals surface area contributed by atoms with Gasteiger partial charge in [-0.25, -0.2) is 15.0 Å². The lowest BCUT2D eigenvalue weighted by molar-refractivity contribution is 0.166. The summed E-state index contributed by atoms with van der Waals surface area (Å²) < 4.78 is 11.3. The molecule has 1 aliphatic rings. The average Bonchev–Trinajstić information content (AvgIpc) is 2.80. The summed E-state index contributed by atoms with van der Waals surface area (Å²) in [4.78, 5) is 13.0. The van der Waals surface area contributed by atoms with Crippen LogP contribution in [0.3, 0.4) is 0 Å². The van der Waals surface area contributed by atoms with E-state index < -0.39 is 0 Å². The summed E-state index contributed by atoms with van der Waals surface area (Å²) in [5.41, 5.74) is 2.77. The van der Waals surface area contributed by atoms with Gasteiger partial charge in [0.15, 0.2) is 11.4 Å². The minimum absolute atomic E-state index is 0.0290. The van der Waals surface area contributed by atoms with E-state index >= 15 is 0 Å². The molecule has 1 aliphatic heterocycles. The number of piperidine rings is 1. The number of aromatic nitrogens is 3. The first-order chi connectivity index (χ1) is 14.7. The number of benzene rings is 1. The molecular weight excluding hydrogens is 380 g/mol. The molecule has 2 N–H and O–H groups in total. The maximum Gasteiger partial charge on any atom is 0.227 e. The van der Waals surface area contributed by atoms with E-state index in [1.807, 2.05) is 24.3 Å². The fraction of sp³-hybridized carbons (Fsp3) is 0.273. The molecule has 8 nitrogen and oxygen atoms in total. The van der Waals surface area contributed by atoms with Crippen LogP contribution in [-0.2, 0) is 0 Å². The first-order valence-corrected chi connectivity index (χ1v) is 9.76. The van der Waals surface area contributed by atoms with Crippen LogP contribution in [0.2, 0.25) is 0 Å². The molecule has 1 aromatic carbocycles. The third kappa shape index (κ3) is 4.64. The fourth-order valence-corrected chi connectivity index (χ4v) is 3.26. The Morgan fingerprint density at radius 1 is 1.13 bits per heavy atom. The largest absolute Gasteiger partial charge is 0.497 e. The zero-order valence-corrected chi connectivity index (χ0v) is 16.6. The summed E-state index contributed by atoms with van der Waals surface area (Å²) in [5, 5.41) is 15.8. The van der Waals surface area contributed by atoms with Crippen molar-refractivity contribution in [3.63, 3.8) is 0 Å². The second kappa shape index (κ2) is 9.20. The van der Waals surface area contributed by atoms with Crippen LogP contribution >= 0.6 is 0 Å². The molecule has 1 atom stereocenters. The summed E-state index contributed by atoms with van der Waals surface area (Å²) >= 11 is 0. The average molecular weight is 402 g/mol. The monoisotopic (exact) mass is 402 g/mol. The SMILES string of the molecule is COc1cccc(-c2cnc(Nc3cnc(C#N)c(OC4CCCNC4)c3)nc2)c1. The predicted molar refractivity (Wildman–Crippen MR) is 113 cm³/mol. The number of nitriles is 1. The second-order valence-corrected chi connectivity index (χ2v) is 6.92. The lowest BCUT2D eigenvalue weighted by atomic mass is 10.1. The molecule has 0 saturated carbocycles. The van der Waals surface area contributed by atoms with E-state index in [-0.39, 0.29) is 11.8 Å². The number of methoxy groups -OCH3 is 1. The van der Waals surface area contributed by atoms with E-state index in [9.17, 15) is 5.26 Å². The molecule has 30 heavy (non-hydrogen) atoms. The Balaban J connectivity index is 1.49. The summed E-state index contributed by atoms with van der Waals surface area (Å²) in [6.45, 7) is 1.76. The molecule has 1 fully saturated rings. The van der Waals surface area contributed by atoms with Gasteiger partial charge in [0.1, 0.15) is 17.9 Å². The van der Waals surface area contributed by atoms with Crippen molar-refractivity contribution >= 4 is 11.6 Å². The molecule has 4 rings (SSSR count). The van der Waals surface area contributed by atoms with Crippen LogP contribution < -0.4 is 20.1 Å². The van der Waals surface area contributed by atoms with E-state index in [0.717, 1.165) is 42.8 Å². The van der Waals surface area contributed by atoms with Crippen molar-refractivity contribution in [2.24, 2.45) is 0 Å². The van der Waals surface area contributed by atoms with Crippen molar-refractivity contribution in [3.8, 4) is 28.7 Å². The van der Waals surface area contributed by atoms with Crippen LogP contribution in [0, 0.1) is 11.3 Å².